The van der Waals surface area contributed by atoms with Crippen molar-refractivity contribution >= 4 is 39.1 Å². The van der Waals surface area contributed by atoms with Crippen LogP contribution in [0.15, 0.2) is 53.4 Å². The molecule has 1 fully saturated rings. The van der Waals surface area contributed by atoms with Crippen molar-refractivity contribution in [2.24, 2.45) is 5.92 Å². The lowest BCUT2D eigenvalue weighted by Crippen LogP contribution is -2.45. The van der Waals surface area contributed by atoms with E-state index in [0.29, 0.717) is 36.6 Å². The minimum Gasteiger partial charge on any atom is -0.352 e. The fourth-order valence-electron chi connectivity index (χ4n) is 3.41. The molecule has 1 aliphatic rings. The van der Waals surface area contributed by atoms with Gasteiger partial charge in [-0.15, -0.1) is 0 Å². The zero-order valence-corrected chi connectivity index (χ0v) is 18.2. The Bertz CT molecular complexity index is 1020. The standard InChI is InChI=1S/C21H24ClN3O4S/c1-15(26)24-18-8-10-19(11-9-18)30(28,29)25-12-4-6-17(14-25)21(27)23-13-16-5-2-3-7-20(16)22/h2-3,5,7-11,17H,4,6,12-14H2,1H3,(H,23,27)(H,24,26)/t17-/m0/s1. The molecule has 9 heteroatoms. The molecule has 0 spiro atoms. The molecule has 160 valence electrons. The van der Waals surface area contributed by atoms with E-state index in [9.17, 15) is 18.0 Å². The average Bonchev–Trinajstić information content (AvgIpc) is 2.73. The normalized spacial score (nSPS) is 17.3. The highest BCUT2D eigenvalue weighted by atomic mass is 35.5. The Balaban J connectivity index is 1.65. The molecule has 2 N–H and O–H groups in total. The largest absolute Gasteiger partial charge is 0.352 e. The van der Waals surface area contributed by atoms with Gasteiger partial charge in [0.1, 0.15) is 0 Å². The summed E-state index contributed by atoms with van der Waals surface area (Å²) < 4.78 is 27.4. The summed E-state index contributed by atoms with van der Waals surface area (Å²) in [6, 6.07) is 13.3. The summed E-state index contributed by atoms with van der Waals surface area (Å²) in [5, 5.41) is 6.05. The van der Waals surface area contributed by atoms with Gasteiger partial charge in [0.15, 0.2) is 0 Å². The van der Waals surface area contributed by atoms with Crippen molar-refractivity contribution in [1.29, 1.82) is 0 Å². The lowest BCUT2D eigenvalue weighted by Gasteiger charge is -2.31. The summed E-state index contributed by atoms with van der Waals surface area (Å²) in [7, 11) is -3.73. The highest BCUT2D eigenvalue weighted by molar-refractivity contribution is 7.89. The van der Waals surface area contributed by atoms with Crippen LogP contribution < -0.4 is 10.6 Å². The third-order valence-corrected chi connectivity index (χ3v) is 7.23. The van der Waals surface area contributed by atoms with Crippen LogP contribution in [0.3, 0.4) is 0 Å². The molecule has 0 radical (unpaired) electrons. The van der Waals surface area contributed by atoms with Crippen molar-refractivity contribution in [2.75, 3.05) is 18.4 Å². The molecule has 1 aliphatic heterocycles. The third-order valence-electron chi connectivity index (χ3n) is 4.98. The van der Waals surface area contributed by atoms with Crippen LogP contribution in [-0.2, 0) is 26.2 Å². The first-order valence-corrected chi connectivity index (χ1v) is 11.5. The molecule has 3 rings (SSSR count). The van der Waals surface area contributed by atoms with Crippen LogP contribution in [0.2, 0.25) is 5.02 Å². The van der Waals surface area contributed by atoms with Crippen LogP contribution in [-0.4, -0.2) is 37.6 Å². The quantitative estimate of drug-likeness (QED) is 0.708. The van der Waals surface area contributed by atoms with Gasteiger partial charge in [0.2, 0.25) is 21.8 Å². The van der Waals surface area contributed by atoms with Gasteiger partial charge in [-0.05, 0) is 48.7 Å². The second-order valence-electron chi connectivity index (χ2n) is 7.22. The van der Waals surface area contributed by atoms with Crippen molar-refractivity contribution in [3.8, 4) is 0 Å². The molecule has 0 aromatic heterocycles. The van der Waals surface area contributed by atoms with Crippen molar-refractivity contribution in [2.45, 2.75) is 31.2 Å². The van der Waals surface area contributed by atoms with Crippen LogP contribution in [0.25, 0.3) is 0 Å². The number of hydrogen-bond acceptors (Lipinski definition) is 4. The zero-order valence-electron chi connectivity index (χ0n) is 16.6. The van der Waals surface area contributed by atoms with Crippen molar-refractivity contribution in [1.82, 2.24) is 9.62 Å². The first-order valence-electron chi connectivity index (χ1n) is 9.66. The fourth-order valence-corrected chi connectivity index (χ4v) is 5.13. The van der Waals surface area contributed by atoms with Gasteiger partial charge in [0, 0.05) is 37.3 Å². The Morgan fingerprint density at radius 2 is 1.83 bits per heavy atom. The van der Waals surface area contributed by atoms with E-state index in [4.69, 9.17) is 11.6 Å². The summed E-state index contributed by atoms with van der Waals surface area (Å²) >= 11 is 6.12. The van der Waals surface area contributed by atoms with E-state index in [1.165, 1.54) is 23.4 Å². The molecule has 1 atom stereocenters. The van der Waals surface area contributed by atoms with Gasteiger partial charge in [-0.2, -0.15) is 4.31 Å². The lowest BCUT2D eigenvalue weighted by atomic mass is 9.99. The predicted molar refractivity (Wildman–Crippen MR) is 116 cm³/mol. The predicted octanol–water partition coefficient (Wildman–Crippen LogP) is 3.02. The van der Waals surface area contributed by atoms with Crippen LogP contribution >= 0.6 is 11.6 Å². The minimum absolute atomic E-state index is 0.129. The van der Waals surface area contributed by atoms with Crippen LogP contribution in [0, 0.1) is 5.92 Å². The number of carbonyl (C=O) groups excluding carboxylic acids is 2. The van der Waals surface area contributed by atoms with Gasteiger partial charge in [0.25, 0.3) is 0 Å². The van der Waals surface area contributed by atoms with Gasteiger partial charge in [-0.1, -0.05) is 29.8 Å². The van der Waals surface area contributed by atoms with Gasteiger partial charge in [0.05, 0.1) is 10.8 Å². The van der Waals surface area contributed by atoms with Gasteiger partial charge in [-0.25, -0.2) is 8.42 Å². The molecule has 0 unspecified atom stereocenters. The van der Waals surface area contributed by atoms with E-state index in [0.717, 1.165) is 5.56 Å². The summed E-state index contributed by atoms with van der Waals surface area (Å²) in [5.41, 5.74) is 1.34. The smallest absolute Gasteiger partial charge is 0.243 e. The van der Waals surface area contributed by atoms with Crippen LogP contribution in [0.1, 0.15) is 25.3 Å². The Hall–Kier alpha value is -2.42. The summed E-state index contributed by atoms with van der Waals surface area (Å²) in [4.78, 5) is 23.9. The molecule has 30 heavy (non-hydrogen) atoms. The number of halogens is 1. The summed E-state index contributed by atoms with van der Waals surface area (Å²) in [6.45, 7) is 2.18. The maximum absolute atomic E-state index is 13.0. The molecule has 1 heterocycles. The van der Waals surface area contributed by atoms with Crippen LogP contribution in [0.4, 0.5) is 5.69 Å². The Morgan fingerprint density at radius 3 is 2.50 bits per heavy atom. The molecule has 2 aromatic rings. The molecule has 7 nitrogen and oxygen atoms in total. The number of sulfonamides is 1. The summed E-state index contributed by atoms with van der Waals surface area (Å²) in [6.07, 6.45) is 1.23. The number of benzene rings is 2. The van der Waals surface area contributed by atoms with E-state index < -0.39 is 15.9 Å². The third kappa shape index (κ3) is 5.38. The van der Waals surface area contributed by atoms with Gasteiger partial charge in [-0.3, -0.25) is 9.59 Å². The monoisotopic (exact) mass is 449 g/mol. The highest BCUT2D eigenvalue weighted by Crippen LogP contribution is 2.25. The van der Waals surface area contributed by atoms with E-state index >= 15 is 0 Å². The van der Waals surface area contributed by atoms with Gasteiger partial charge < -0.3 is 10.6 Å². The number of anilines is 1. The van der Waals surface area contributed by atoms with Crippen LogP contribution in [0.5, 0.6) is 0 Å². The molecular weight excluding hydrogens is 426 g/mol. The van der Waals surface area contributed by atoms with E-state index in [1.54, 1.807) is 18.2 Å². The second kappa shape index (κ2) is 9.59. The number of nitrogens with zero attached hydrogens (tertiary/aromatic N) is 1. The lowest BCUT2D eigenvalue weighted by molar-refractivity contribution is -0.126. The molecular formula is C21H24ClN3O4S. The van der Waals surface area contributed by atoms with E-state index in [2.05, 4.69) is 10.6 Å². The Morgan fingerprint density at radius 1 is 1.13 bits per heavy atom. The first kappa shape index (κ1) is 22.3. The van der Waals surface area contributed by atoms with Crippen molar-refractivity contribution < 1.29 is 18.0 Å². The Kier molecular flexibility index (Phi) is 7.12. The second-order valence-corrected chi connectivity index (χ2v) is 9.56. The number of rotatable bonds is 6. The molecule has 2 aromatic carbocycles. The van der Waals surface area contributed by atoms with Crippen molar-refractivity contribution in [3.05, 3.63) is 59.1 Å². The topological polar surface area (TPSA) is 95.6 Å². The SMILES string of the molecule is CC(=O)Nc1ccc(S(=O)(=O)N2CCC[C@H](C(=O)NCc3ccccc3Cl)C2)cc1. The van der Waals surface area contributed by atoms with E-state index in [1.807, 2.05) is 18.2 Å². The van der Waals surface area contributed by atoms with E-state index in [-0.39, 0.29) is 23.3 Å². The number of carbonyl (C=O) groups is 2. The fraction of sp³-hybridized carbons (Fsp3) is 0.333. The molecule has 2 amide bonds. The number of amides is 2. The summed E-state index contributed by atoms with van der Waals surface area (Å²) in [5.74, 6) is -0.835. The number of nitrogens with one attached hydrogen (secondary N) is 2. The maximum Gasteiger partial charge on any atom is 0.243 e. The van der Waals surface area contributed by atoms with Crippen molar-refractivity contribution in [3.63, 3.8) is 0 Å². The Labute approximate surface area is 181 Å². The molecule has 0 bridgehead atoms. The average molecular weight is 450 g/mol. The first-order chi connectivity index (χ1) is 14.3. The molecule has 0 saturated carbocycles. The number of hydrogen-bond donors (Lipinski definition) is 2. The molecule has 1 saturated heterocycles. The minimum atomic E-state index is -3.73. The highest BCUT2D eigenvalue weighted by Gasteiger charge is 2.33. The maximum atomic E-state index is 13.0. The number of piperidine rings is 1. The zero-order chi connectivity index (χ0) is 21.7. The molecule has 0 aliphatic carbocycles. The van der Waals surface area contributed by atoms with Gasteiger partial charge >= 0.3 is 0 Å².